The summed E-state index contributed by atoms with van der Waals surface area (Å²) in [5.41, 5.74) is 0. The minimum absolute atomic E-state index is 0.00926. The van der Waals surface area contributed by atoms with E-state index >= 15 is 0 Å². The molecule has 1 unspecified atom stereocenters. The molecule has 0 bridgehead atoms. The first kappa shape index (κ1) is 6.16. The van der Waals surface area contributed by atoms with Crippen LogP contribution in [0, 0.1) is 11.8 Å². The summed E-state index contributed by atoms with van der Waals surface area (Å²) in [5, 5.41) is 3.13. The van der Waals surface area contributed by atoms with Crippen molar-refractivity contribution in [1.82, 2.24) is 5.32 Å². The van der Waals surface area contributed by atoms with Crippen molar-refractivity contribution in [3.05, 3.63) is 0 Å². The fourth-order valence-electron chi connectivity index (χ4n) is 1.73. The van der Waals surface area contributed by atoms with Crippen molar-refractivity contribution in [2.24, 2.45) is 11.8 Å². The molecule has 0 spiro atoms. The summed E-state index contributed by atoms with van der Waals surface area (Å²) in [6, 6.07) is 0.00926. The van der Waals surface area contributed by atoms with Crippen molar-refractivity contribution >= 4 is 5.97 Å². The molecule has 0 radical (unpaired) electrons. The van der Waals surface area contributed by atoms with Crippen LogP contribution in [0.15, 0.2) is 0 Å². The summed E-state index contributed by atoms with van der Waals surface area (Å²) in [7, 11) is 1.44. The molecule has 1 heterocycles. The quantitative estimate of drug-likeness (QED) is 0.512. The number of fused-ring (bicyclic) bond motifs is 1. The van der Waals surface area contributed by atoms with Crippen LogP contribution < -0.4 is 5.32 Å². The minimum atomic E-state index is -0.0926. The average molecular weight is 141 g/mol. The van der Waals surface area contributed by atoms with Gasteiger partial charge in [-0.1, -0.05) is 0 Å². The molecule has 0 aromatic rings. The molecule has 2 fully saturated rings. The number of ether oxygens (including phenoxy) is 1. The van der Waals surface area contributed by atoms with Crippen LogP contribution in [0.2, 0.25) is 0 Å². The lowest BCUT2D eigenvalue weighted by molar-refractivity contribution is -0.143. The maximum atomic E-state index is 11.0. The third-order valence-corrected chi connectivity index (χ3v) is 2.46. The van der Waals surface area contributed by atoms with Gasteiger partial charge in [0.1, 0.15) is 6.04 Å². The lowest BCUT2D eigenvalue weighted by Gasteiger charge is -2.08. The van der Waals surface area contributed by atoms with Gasteiger partial charge in [-0.2, -0.15) is 0 Å². The second kappa shape index (κ2) is 1.95. The Bertz CT molecular complexity index is 169. The highest BCUT2D eigenvalue weighted by molar-refractivity contribution is 5.77. The van der Waals surface area contributed by atoms with E-state index in [1.165, 1.54) is 13.5 Å². The molecular weight excluding hydrogens is 130 g/mol. The Kier molecular flexibility index (Phi) is 1.20. The molecule has 56 valence electrons. The average Bonchev–Trinajstić information content (AvgIpc) is 2.62. The Morgan fingerprint density at radius 3 is 2.90 bits per heavy atom. The van der Waals surface area contributed by atoms with Crippen LogP contribution >= 0.6 is 0 Å². The van der Waals surface area contributed by atoms with Crippen molar-refractivity contribution in [2.45, 2.75) is 12.5 Å². The SMILES string of the molecule is COC(=O)[C@@H]1NCC2C[C@H]21. The van der Waals surface area contributed by atoms with Gasteiger partial charge in [-0.05, 0) is 24.8 Å². The number of piperidine rings is 1. The van der Waals surface area contributed by atoms with Gasteiger partial charge in [-0.25, -0.2) is 0 Å². The van der Waals surface area contributed by atoms with E-state index in [0.717, 1.165) is 12.5 Å². The van der Waals surface area contributed by atoms with E-state index in [4.69, 9.17) is 0 Å². The van der Waals surface area contributed by atoms with Gasteiger partial charge in [0, 0.05) is 0 Å². The molecule has 3 heteroatoms. The molecule has 10 heavy (non-hydrogen) atoms. The van der Waals surface area contributed by atoms with E-state index in [0.29, 0.717) is 5.92 Å². The van der Waals surface area contributed by atoms with Gasteiger partial charge >= 0.3 is 5.97 Å². The maximum absolute atomic E-state index is 11.0. The third-order valence-electron chi connectivity index (χ3n) is 2.46. The van der Waals surface area contributed by atoms with Crippen LogP contribution in [0.1, 0.15) is 6.42 Å². The number of hydrogen-bond acceptors (Lipinski definition) is 3. The minimum Gasteiger partial charge on any atom is -0.468 e. The van der Waals surface area contributed by atoms with Gasteiger partial charge in [0.25, 0.3) is 0 Å². The van der Waals surface area contributed by atoms with E-state index in [-0.39, 0.29) is 12.0 Å². The summed E-state index contributed by atoms with van der Waals surface area (Å²) in [6.45, 7) is 1.00. The first-order chi connectivity index (χ1) is 4.83. The fraction of sp³-hybridized carbons (Fsp3) is 0.857. The summed E-state index contributed by atoms with van der Waals surface area (Å²) < 4.78 is 4.63. The fourth-order valence-corrected chi connectivity index (χ4v) is 1.73. The van der Waals surface area contributed by atoms with Gasteiger partial charge in [0.2, 0.25) is 0 Å². The first-order valence-electron chi connectivity index (χ1n) is 3.64. The predicted molar refractivity (Wildman–Crippen MR) is 35.4 cm³/mol. The van der Waals surface area contributed by atoms with Crippen molar-refractivity contribution in [3.8, 4) is 0 Å². The van der Waals surface area contributed by atoms with Crippen molar-refractivity contribution in [2.75, 3.05) is 13.7 Å². The van der Waals surface area contributed by atoms with Gasteiger partial charge in [0.15, 0.2) is 0 Å². The smallest absolute Gasteiger partial charge is 0.323 e. The van der Waals surface area contributed by atoms with Crippen LogP contribution in [-0.4, -0.2) is 25.7 Å². The summed E-state index contributed by atoms with van der Waals surface area (Å²) in [5.74, 6) is 1.27. The van der Waals surface area contributed by atoms with Crippen molar-refractivity contribution in [3.63, 3.8) is 0 Å². The van der Waals surface area contributed by atoms with E-state index in [9.17, 15) is 4.79 Å². The molecule has 2 aliphatic rings. The lowest BCUT2D eigenvalue weighted by atomic mass is 10.2. The standard InChI is InChI=1S/C7H11NO2/c1-10-7(9)6-5-2-4(5)3-8-6/h4-6,8H,2-3H2,1H3/t4?,5-,6-/m1/s1. The van der Waals surface area contributed by atoms with Crippen molar-refractivity contribution < 1.29 is 9.53 Å². The highest BCUT2D eigenvalue weighted by atomic mass is 16.5. The highest BCUT2D eigenvalue weighted by Crippen LogP contribution is 2.45. The molecule has 1 aliphatic heterocycles. The van der Waals surface area contributed by atoms with Crippen LogP contribution in [0.4, 0.5) is 0 Å². The molecule has 0 aromatic heterocycles. The van der Waals surface area contributed by atoms with Crippen LogP contribution in [0.5, 0.6) is 0 Å². The molecule has 1 N–H and O–H groups in total. The predicted octanol–water partition coefficient (Wildman–Crippen LogP) is -0.233. The number of carbonyl (C=O) groups excluding carboxylic acids is 1. The second-order valence-corrected chi connectivity index (χ2v) is 3.07. The molecule has 2 rings (SSSR count). The summed E-state index contributed by atoms with van der Waals surface area (Å²) >= 11 is 0. The highest BCUT2D eigenvalue weighted by Gasteiger charge is 2.51. The molecule has 1 saturated carbocycles. The topological polar surface area (TPSA) is 38.3 Å². The Labute approximate surface area is 59.7 Å². The zero-order valence-corrected chi connectivity index (χ0v) is 5.96. The second-order valence-electron chi connectivity index (χ2n) is 3.07. The zero-order valence-electron chi connectivity index (χ0n) is 5.96. The largest absolute Gasteiger partial charge is 0.468 e. The van der Waals surface area contributed by atoms with Crippen LogP contribution in [0.3, 0.4) is 0 Å². The number of esters is 1. The lowest BCUT2D eigenvalue weighted by Crippen LogP contribution is -2.35. The molecule has 0 amide bonds. The number of rotatable bonds is 1. The van der Waals surface area contributed by atoms with Gasteiger partial charge in [-0.15, -0.1) is 0 Å². The van der Waals surface area contributed by atoms with Gasteiger partial charge in [-0.3, -0.25) is 4.79 Å². The van der Waals surface area contributed by atoms with Crippen LogP contribution in [-0.2, 0) is 9.53 Å². The number of methoxy groups -OCH3 is 1. The third kappa shape index (κ3) is 0.736. The monoisotopic (exact) mass is 141 g/mol. The van der Waals surface area contributed by atoms with E-state index in [2.05, 4.69) is 10.1 Å². The number of nitrogens with one attached hydrogen (secondary N) is 1. The first-order valence-corrected chi connectivity index (χ1v) is 3.64. The van der Waals surface area contributed by atoms with Crippen LogP contribution in [0.25, 0.3) is 0 Å². The zero-order chi connectivity index (χ0) is 7.14. The summed E-state index contributed by atoms with van der Waals surface area (Å²) in [6.07, 6.45) is 1.22. The van der Waals surface area contributed by atoms with Gasteiger partial charge < -0.3 is 10.1 Å². The Morgan fingerprint density at radius 2 is 2.50 bits per heavy atom. The number of hydrogen-bond donors (Lipinski definition) is 1. The Morgan fingerprint density at radius 1 is 1.70 bits per heavy atom. The Hall–Kier alpha value is -0.570. The number of carbonyl (C=O) groups is 1. The molecular formula is C7H11NO2. The molecule has 3 nitrogen and oxygen atoms in total. The van der Waals surface area contributed by atoms with E-state index in [1.54, 1.807) is 0 Å². The molecule has 1 aliphatic carbocycles. The van der Waals surface area contributed by atoms with E-state index < -0.39 is 0 Å². The van der Waals surface area contributed by atoms with Crippen molar-refractivity contribution in [1.29, 1.82) is 0 Å². The maximum Gasteiger partial charge on any atom is 0.323 e. The molecule has 3 atom stereocenters. The molecule has 1 saturated heterocycles. The van der Waals surface area contributed by atoms with Gasteiger partial charge in [0.05, 0.1) is 7.11 Å². The van der Waals surface area contributed by atoms with E-state index in [1.807, 2.05) is 0 Å². The molecule has 0 aromatic carbocycles. The normalized spacial score (nSPS) is 42.7. The summed E-state index contributed by atoms with van der Waals surface area (Å²) in [4.78, 5) is 11.0. The Balaban J connectivity index is 1.98.